The predicted molar refractivity (Wildman–Crippen MR) is 104 cm³/mol. The van der Waals surface area contributed by atoms with E-state index in [0.717, 1.165) is 12.0 Å². The Morgan fingerprint density at radius 1 is 1.34 bits per heavy atom. The van der Waals surface area contributed by atoms with Crippen LogP contribution in [0.4, 0.5) is 0 Å². The molecule has 7 N–H and O–H groups in total. The van der Waals surface area contributed by atoms with Crippen LogP contribution in [0.3, 0.4) is 0 Å². The minimum Gasteiger partial charge on any atom is -0.477 e. The number of nitrogens with zero attached hydrogens (tertiary/aromatic N) is 1. The van der Waals surface area contributed by atoms with Crippen LogP contribution in [0.1, 0.15) is 19.8 Å². The van der Waals surface area contributed by atoms with Crippen LogP contribution in [-0.2, 0) is 18.9 Å². The van der Waals surface area contributed by atoms with E-state index in [1.165, 1.54) is 16.7 Å². The number of carboxylic acids is 1. The van der Waals surface area contributed by atoms with Crippen molar-refractivity contribution in [3.8, 4) is 0 Å². The number of carboxylic acid groups (broad SMARTS) is 1. The van der Waals surface area contributed by atoms with Gasteiger partial charge in [0.15, 0.2) is 0 Å². The summed E-state index contributed by atoms with van der Waals surface area (Å²) >= 11 is 1.45. The Bertz CT molecular complexity index is 841. The number of β-lactam (4-membered cyclic amide) rings is 1. The van der Waals surface area contributed by atoms with Gasteiger partial charge < -0.3 is 30.8 Å². The molecule has 1 saturated heterocycles. The van der Waals surface area contributed by atoms with Crippen molar-refractivity contribution < 1.29 is 38.7 Å². The zero-order chi connectivity index (χ0) is 21.9. The lowest BCUT2D eigenvalue weighted by Crippen LogP contribution is -2.71. The fraction of sp³-hybridized carbons (Fsp3) is 0.438. The summed E-state index contributed by atoms with van der Waals surface area (Å²) in [6, 6.07) is -1.52. The molecule has 1 fully saturated rings. The van der Waals surface area contributed by atoms with E-state index in [4.69, 9.17) is 25.0 Å². The van der Waals surface area contributed by atoms with Crippen molar-refractivity contribution >= 4 is 37.4 Å². The van der Waals surface area contributed by atoms with Gasteiger partial charge in [0.25, 0.3) is 5.91 Å². The maximum absolute atomic E-state index is 12.3. The van der Waals surface area contributed by atoms with Crippen LogP contribution in [0.2, 0.25) is 0 Å². The first-order valence-electron chi connectivity index (χ1n) is 8.47. The van der Waals surface area contributed by atoms with E-state index in [0.29, 0.717) is 17.7 Å². The summed E-state index contributed by atoms with van der Waals surface area (Å²) in [5, 5.41) is 11.6. The summed E-state index contributed by atoms with van der Waals surface area (Å²) in [6.45, 7) is 1.70. The van der Waals surface area contributed by atoms with Gasteiger partial charge in [0.2, 0.25) is 5.91 Å². The molecule has 2 amide bonds. The second-order valence-electron chi connectivity index (χ2n) is 6.51. The maximum atomic E-state index is 12.3. The molecule has 160 valence electrons. The maximum Gasteiger partial charge on any atom is 0.466 e. The third-order valence-corrected chi connectivity index (χ3v) is 5.80. The molecule has 3 atom stereocenters. The number of rotatable bonds is 4. The fourth-order valence-electron chi connectivity index (χ4n) is 3.06. The molecule has 2 heterocycles. The highest BCUT2D eigenvalue weighted by atomic mass is 32.2. The molecule has 3 aliphatic rings. The molecule has 0 spiro atoms. The number of carbonyl (C=O) groups excluding carboxylic acids is 2. The number of nitrogens with one attached hydrogen (secondary N) is 1. The third kappa shape index (κ3) is 5.78. The van der Waals surface area contributed by atoms with Gasteiger partial charge >= 0.3 is 13.8 Å². The molecule has 1 aliphatic carbocycles. The molecule has 2 aliphatic heterocycles. The standard InChI is InChI=1S/C16H19N3O4S.H3O4P/c1-8-7-24-15-11(14(21)19(15)12(8)16(22)23)18-13(20)10(17)9-5-3-2-4-6-9;1-5(2,3)4/h2-3,6,10-11,15H,4-5,7,17H2,1H3,(H,18,20)(H,22,23);(H3,1,2,3,4)/t10-,11-,15-;/m1./s1. The Labute approximate surface area is 170 Å². The van der Waals surface area contributed by atoms with Gasteiger partial charge in [0.1, 0.15) is 23.2 Å². The molecule has 29 heavy (non-hydrogen) atoms. The number of nitrogens with two attached hydrogens (primary N) is 1. The van der Waals surface area contributed by atoms with Crippen LogP contribution >= 0.6 is 19.6 Å². The summed E-state index contributed by atoms with van der Waals surface area (Å²) in [5.74, 6) is -1.41. The van der Waals surface area contributed by atoms with Gasteiger partial charge in [-0.2, -0.15) is 0 Å². The molecule has 0 aromatic heterocycles. The first kappa shape index (κ1) is 23.3. The van der Waals surface area contributed by atoms with Gasteiger partial charge in [-0.1, -0.05) is 18.2 Å². The molecule has 0 unspecified atom stereocenters. The second-order valence-corrected chi connectivity index (χ2v) is 8.64. The van der Waals surface area contributed by atoms with E-state index in [-0.39, 0.29) is 11.1 Å². The quantitative estimate of drug-likeness (QED) is 0.185. The molecule has 0 radical (unpaired) electrons. The average molecular weight is 447 g/mol. The summed E-state index contributed by atoms with van der Waals surface area (Å²) in [5.41, 5.74) is 7.49. The zero-order valence-corrected chi connectivity index (χ0v) is 17.1. The SMILES string of the molecule is CC1=C(C(=O)O)N2C(=O)[C@@H](NC(=O)[C@H](N)C3=CCC=CC3)[C@H]2SC1.O=P(O)(O)O. The molecule has 3 rings (SSSR count). The topological polar surface area (TPSA) is 190 Å². The number of amides is 2. The van der Waals surface area contributed by atoms with Crippen LogP contribution in [0.5, 0.6) is 0 Å². The van der Waals surface area contributed by atoms with Gasteiger partial charge in [0, 0.05) is 5.75 Å². The fourth-order valence-corrected chi connectivity index (χ4v) is 4.35. The summed E-state index contributed by atoms with van der Waals surface area (Å²) in [4.78, 5) is 58.8. The van der Waals surface area contributed by atoms with Crippen LogP contribution in [0.25, 0.3) is 0 Å². The molecular weight excluding hydrogens is 425 g/mol. The number of hydrogen-bond donors (Lipinski definition) is 6. The van der Waals surface area contributed by atoms with Crippen LogP contribution < -0.4 is 11.1 Å². The number of allylic oxidation sites excluding steroid dienone is 3. The molecule has 0 aromatic rings. The van der Waals surface area contributed by atoms with Crippen molar-refractivity contribution in [3.63, 3.8) is 0 Å². The molecule has 0 aromatic carbocycles. The summed E-state index contributed by atoms with van der Waals surface area (Å²) in [6.07, 6.45) is 7.26. The largest absolute Gasteiger partial charge is 0.477 e. The number of phosphoric acid groups is 1. The lowest BCUT2D eigenvalue weighted by Gasteiger charge is -2.49. The Kier molecular flexibility index (Phi) is 7.44. The van der Waals surface area contributed by atoms with Gasteiger partial charge in [-0.3, -0.25) is 14.5 Å². The Hall–Kier alpha value is -1.95. The Morgan fingerprint density at radius 2 is 1.97 bits per heavy atom. The van der Waals surface area contributed by atoms with Crippen molar-refractivity contribution in [3.05, 3.63) is 35.1 Å². The van der Waals surface area contributed by atoms with Crippen LogP contribution in [0, 0.1) is 0 Å². The van der Waals surface area contributed by atoms with E-state index in [1.54, 1.807) is 6.92 Å². The normalized spacial score (nSPS) is 24.5. The van der Waals surface area contributed by atoms with E-state index < -0.39 is 37.7 Å². The van der Waals surface area contributed by atoms with Crippen molar-refractivity contribution in [2.45, 2.75) is 37.2 Å². The smallest absolute Gasteiger partial charge is 0.466 e. The van der Waals surface area contributed by atoms with Gasteiger partial charge in [-0.05, 0) is 30.9 Å². The van der Waals surface area contributed by atoms with Gasteiger partial charge in [-0.25, -0.2) is 9.36 Å². The minimum absolute atomic E-state index is 0.0265. The molecule has 0 bridgehead atoms. The van der Waals surface area contributed by atoms with Crippen molar-refractivity contribution in [2.24, 2.45) is 5.73 Å². The highest BCUT2D eigenvalue weighted by Crippen LogP contribution is 2.40. The zero-order valence-electron chi connectivity index (χ0n) is 15.4. The molecule has 13 heteroatoms. The van der Waals surface area contributed by atoms with E-state index in [2.05, 4.69) is 5.32 Å². The highest BCUT2D eigenvalue weighted by Gasteiger charge is 2.53. The third-order valence-electron chi connectivity index (χ3n) is 4.38. The van der Waals surface area contributed by atoms with Crippen LogP contribution in [0.15, 0.2) is 35.1 Å². The first-order valence-corrected chi connectivity index (χ1v) is 11.1. The van der Waals surface area contributed by atoms with Crippen LogP contribution in [-0.4, -0.2) is 65.7 Å². The van der Waals surface area contributed by atoms with Crippen molar-refractivity contribution in [2.75, 3.05) is 5.75 Å². The predicted octanol–water partition coefficient (Wildman–Crippen LogP) is -0.580. The van der Waals surface area contributed by atoms with E-state index in [1.807, 2.05) is 18.2 Å². The molecule has 11 nitrogen and oxygen atoms in total. The van der Waals surface area contributed by atoms with Gasteiger partial charge in [-0.15, -0.1) is 11.8 Å². The average Bonchev–Trinajstić information content (AvgIpc) is 2.64. The number of fused-ring (bicyclic) bond motifs is 1. The first-order chi connectivity index (χ1) is 13.4. The lowest BCUT2D eigenvalue weighted by atomic mass is 9.97. The van der Waals surface area contributed by atoms with E-state index >= 15 is 0 Å². The van der Waals surface area contributed by atoms with Gasteiger partial charge in [0.05, 0.1) is 0 Å². The number of thioether (sulfide) groups is 1. The van der Waals surface area contributed by atoms with E-state index in [9.17, 15) is 19.5 Å². The van der Waals surface area contributed by atoms with Crippen molar-refractivity contribution in [1.29, 1.82) is 0 Å². The van der Waals surface area contributed by atoms with Crippen molar-refractivity contribution in [1.82, 2.24) is 10.2 Å². The monoisotopic (exact) mass is 447 g/mol. The lowest BCUT2D eigenvalue weighted by molar-refractivity contribution is -0.150. The molecule has 0 saturated carbocycles. The summed E-state index contributed by atoms with van der Waals surface area (Å²) in [7, 11) is -4.64. The molecular formula is C16H22N3O8PS. The minimum atomic E-state index is -4.64. The second kappa shape index (κ2) is 9.24. The highest BCUT2D eigenvalue weighted by molar-refractivity contribution is 8.00. The summed E-state index contributed by atoms with van der Waals surface area (Å²) < 4.78 is 8.88. The number of carbonyl (C=O) groups is 3. The number of hydrogen-bond acceptors (Lipinski definition) is 6. The number of aliphatic carboxylic acids is 1. The Morgan fingerprint density at radius 3 is 2.48 bits per heavy atom. The Balaban J connectivity index is 0.000000537.